The SMILES string of the molecule is O=C(c1cccc(S(=O)(=O)N2CCOCC2)c1)N1CCc2ccncc21. The fraction of sp³-hybridized carbons (Fsp3) is 0.333. The summed E-state index contributed by atoms with van der Waals surface area (Å²) in [5.74, 6) is -0.212. The van der Waals surface area contributed by atoms with Gasteiger partial charge in [0.05, 0.1) is 30.0 Å². The molecule has 7 nitrogen and oxygen atoms in total. The summed E-state index contributed by atoms with van der Waals surface area (Å²) in [6, 6.07) is 8.15. The summed E-state index contributed by atoms with van der Waals surface area (Å²) in [6.45, 7) is 1.99. The molecule has 0 bridgehead atoms. The number of anilines is 1. The van der Waals surface area contributed by atoms with E-state index in [2.05, 4.69) is 4.98 Å². The van der Waals surface area contributed by atoms with Crippen LogP contribution in [0.1, 0.15) is 15.9 Å². The molecule has 4 rings (SSSR count). The van der Waals surface area contributed by atoms with Gasteiger partial charge in [0.1, 0.15) is 0 Å². The molecule has 0 radical (unpaired) electrons. The zero-order valence-corrected chi connectivity index (χ0v) is 15.0. The van der Waals surface area contributed by atoms with Crippen molar-refractivity contribution >= 4 is 21.6 Å². The molecule has 1 aromatic heterocycles. The Balaban J connectivity index is 1.63. The maximum atomic E-state index is 12.9. The summed E-state index contributed by atoms with van der Waals surface area (Å²) >= 11 is 0. The van der Waals surface area contributed by atoms with Gasteiger partial charge in [0, 0.05) is 31.4 Å². The van der Waals surface area contributed by atoms with Crippen LogP contribution in [0.15, 0.2) is 47.6 Å². The number of ether oxygens (including phenoxy) is 1. The number of nitrogens with zero attached hydrogens (tertiary/aromatic N) is 3. The zero-order chi connectivity index (χ0) is 18.1. The fourth-order valence-corrected chi connectivity index (χ4v) is 4.77. The molecular formula is C18H19N3O4S. The Morgan fingerprint density at radius 3 is 2.73 bits per heavy atom. The standard InChI is InChI=1S/C18H19N3O4S/c22-18(21-7-5-14-4-6-19-13-17(14)21)15-2-1-3-16(12-15)26(23,24)20-8-10-25-11-9-20/h1-4,6,12-13H,5,7-11H2. The molecule has 0 atom stereocenters. The number of carbonyl (C=O) groups excluding carboxylic acids is 1. The Kier molecular flexibility index (Phi) is 4.47. The lowest BCUT2D eigenvalue weighted by molar-refractivity contribution is 0.0730. The van der Waals surface area contributed by atoms with E-state index in [0.717, 1.165) is 17.7 Å². The van der Waals surface area contributed by atoms with E-state index in [1.807, 2.05) is 6.07 Å². The second-order valence-corrected chi connectivity index (χ2v) is 8.19. The molecule has 0 unspecified atom stereocenters. The van der Waals surface area contributed by atoms with Crippen molar-refractivity contribution in [2.24, 2.45) is 0 Å². The van der Waals surface area contributed by atoms with Gasteiger partial charge in [-0.2, -0.15) is 4.31 Å². The second kappa shape index (κ2) is 6.79. The second-order valence-electron chi connectivity index (χ2n) is 6.26. The number of hydrogen-bond acceptors (Lipinski definition) is 5. The van der Waals surface area contributed by atoms with E-state index < -0.39 is 10.0 Å². The number of benzene rings is 1. The van der Waals surface area contributed by atoms with Gasteiger partial charge >= 0.3 is 0 Å². The number of rotatable bonds is 3. The molecule has 0 saturated carbocycles. The summed E-state index contributed by atoms with van der Waals surface area (Å²) in [5, 5.41) is 0. The van der Waals surface area contributed by atoms with Crippen molar-refractivity contribution in [3.05, 3.63) is 53.9 Å². The van der Waals surface area contributed by atoms with Crippen LogP contribution in [0.25, 0.3) is 0 Å². The summed E-state index contributed by atoms with van der Waals surface area (Å²) in [4.78, 5) is 18.8. The van der Waals surface area contributed by atoms with Crippen LogP contribution in [-0.2, 0) is 21.2 Å². The minimum absolute atomic E-state index is 0.135. The van der Waals surface area contributed by atoms with Crippen molar-refractivity contribution in [2.75, 3.05) is 37.7 Å². The molecule has 1 amide bonds. The topological polar surface area (TPSA) is 79.8 Å². The molecule has 1 aromatic carbocycles. The first-order valence-electron chi connectivity index (χ1n) is 8.50. The van der Waals surface area contributed by atoms with Crippen LogP contribution in [0.4, 0.5) is 5.69 Å². The number of sulfonamides is 1. The van der Waals surface area contributed by atoms with Crippen molar-refractivity contribution in [2.45, 2.75) is 11.3 Å². The largest absolute Gasteiger partial charge is 0.379 e. The average Bonchev–Trinajstić information content (AvgIpc) is 3.12. The normalized spacial score (nSPS) is 17.9. The van der Waals surface area contributed by atoms with Crippen LogP contribution in [0.2, 0.25) is 0 Å². The Bertz CT molecular complexity index is 939. The number of morpholine rings is 1. The van der Waals surface area contributed by atoms with Crippen LogP contribution in [-0.4, -0.2) is 56.5 Å². The van der Waals surface area contributed by atoms with E-state index in [0.29, 0.717) is 38.4 Å². The van der Waals surface area contributed by atoms with Crippen LogP contribution < -0.4 is 4.90 Å². The molecule has 0 N–H and O–H groups in total. The van der Waals surface area contributed by atoms with Crippen LogP contribution in [0.3, 0.4) is 0 Å². The number of fused-ring (bicyclic) bond motifs is 1. The quantitative estimate of drug-likeness (QED) is 0.810. The molecule has 0 aliphatic carbocycles. The summed E-state index contributed by atoms with van der Waals surface area (Å²) in [7, 11) is -3.63. The van der Waals surface area contributed by atoms with Gasteiger partial charge in [-0.1, -0.05) is 6.07 Å². The molecule has 1 saturated heterocycles. The molecule has 26 heavy (non-hydrogen) atoms. The first-order chi connectivity index (χ1) is 12.6. The monoisotopic (exact) mass is 373 g/mol. The van der Waals surface area contributed by atoms with Gasteiger partial charge < -0.3 is 9.64 Å². The number of pyridine rings is 1. The lowest BCUT2D eigenvalue weighted by atomic mass is 10.2. The maximum Gasteiger partial charge on any atom is 0.258 e. The van der Waals surface area contributed by atoms with E-state index in [9.17, 15) is 13.2 Å². The maximum absolute atomic E-state index is 12.9. The number of hydrogen-bond donors (Lipinski definition) is 0. The van der Waals surface area contributed by atoms with E-state index in [1.165, 1.54) is 16.4 Å². The van der Waals surface area contributed by atoms with Gasteiger partial charge in [-0.3, -0.25) is 9.78 Å². The predicted molar refractivity (Wildman–Crippen MR) is 95.6 cm³/mol. The Hall–Kier alpha value is -2.29. The Morgan fingerprint density at radius 1 is 1.12 bits per heavy atom. The van der Waals surface area contributed by atoms with Crippen molar-refractivity contribution in [1.82, 2.24) is 9.29 Å². The molecule has 136 valence electrons. The highest BCUT2D eigenvalue weighted by Crippen LogP contribution is 2.28. The molecule has 1 fully saturated rings. The lowest BCUT2D eigenvalue weighted by Gasteiger charge is -2.26. The van der Waals surface area contributed by atoms with Crippen LogP contribution >= 0.6 is 0 Å². The van der Waals surface area contributed by atoms with Gasteiger partial charge in [-0.15, -0.1) is 0 Å². The zero-order valence-electron chi connectivity index (χ0n) is 14.2. The van der Waals surface area contributed by atoms with Gasteiger partial charge in [0.15, 0.2) is 0 Å². The number of aromatic nitrogens is 1. The molecule has 2 aliphatic rings. The van der Waals surface area contributed by atoms with Crippen LogP contribution in [0, 0.1) is 0 Å². The highest BCUT2D eigenvalue weighted by atomic mass is 32.2. The number of carbonyl (C=O) groups is 1. The minimum Gasteiger partial charge on any atom is -0.379 e. The van der Waals surface area contributed by atoms with E-state index >= 15 is 0 Å². The molecule has 2 aromatic rings. The van der Waals surface area contributed by atoms with E-state index in [-0.39, 0.29) is 10.8 Å². The molecule has 2 aliphatic heterocycles. The van der Waals surface area contributed by atoms with Crippen molar-refractivity contribution in [1.29, 1.82) is 0 Å². The molecule has 8 heteroatoms. The van der Waals surface area contributed by atoms with E-state index in [4.69, 9.17) is 4.74 Å². The van der Waals surface area contributed by atoms with Gasteiger partial charge in [0.25, 0.3) is 5.91 Å². The first-order valence-corrected chi connectivity index (χ1v) is 9.94. The molecule has 3 heterocycles. The van der Waals surface area contributed by atoms with Crippen molar-refractivity contribution in [3.63, 3.8) is 0 Å². The lowest BCUT2D eigenvalue weighted by Crippen LogP contribution is -2.40. The van der Waals surface area contributed by atoms with E-state index in [1.54, 1.807) is 29.4 Å². The van der Waals surface area contributed by atoms with Gasteiger partial charge in [-0.25, -0.2) is 8.42 Å². The fourth-order valence-electron chi connectivity index (χ4n) is 3.31. The van der Waals surface area contributed by atoms with Crippen molar-refractivity contribution in [3.8, 4) is 0 Å². The highest BCUT2D eigenvalue weighted by Gasteiger charge is 2.29. The molecular weight excluding hydrogens is 354 g/mol. The Morgan fingerprint density at radius 2 is 1.92 bits per heavy atom. The average molecular weight is 373 g/mol. The predicted octanol–water partition coefficient (Wildman–Crippen LogP) is 1.31. The third-order valence-electron chi connectivity index (χ3n) is 4.72. The number of amides is 1. The van der Waals surface area contributed by atoms with Crippen molar-refractivity contribution < 1.29 is 17.9 Å². The summed E-state index contributed by atoms with van der Waals surface area (Å²) in [5.41, 5.74) is 2.22. The summed E-state index contributed by atoms with van der Waals surface area (Å²) in [6.07, 6.45) is 4.16. The third-order valence-corrected chi connectivity index (χ3v) is 6.61. The highest BCUT2D eigenvalue weighted by molar-refractivity contribution is 7.89. The summed E-state index contributed by atoms with van der Waals surface area (Å²) < 4.78 is 32.3. The Labute approximate surface area is 152 Å². The van der Waals surface area contributed by atoms with Gasteiger partial charge in [-0.05, 0) is 36.2 Å². The smallest absolute Gasteiger partial charge is 0.258 e. The van der Waals surface area contributed by atoms with Crippen LogP contribution in [0.5, 0.6) is 0 Å². The minimum atomic E-state index is -3.63. The van der Waals surface area contributed by atoms with Gasteiger partial charge in [0.2, 0.25) is 10.0 Å². The molecule has 0 spiro atoms. The third kappa shape index (κ3) is 3.00. The first kappa shape index (κ1) is 17.1.